The minimum Gasteiger partial charge on any atom is -0.375 e. The van der Waals surface area contributed by atoms with Crippen molar-refractivity contribution in [3.8, 4) is 0 Å². The normalized spacial score (nSPS) is 25.2. The van der Waals surface area contributed by atoms with Crippen LogP contribution >= 0.6 is 0 Å². The van der Waals surface area contributed by atoms with Crippen LogP contribution in [-0.2, 0) is 11.3 Å². The van der Waals surface area contributed by atoms with Gasteiger partial charge in [0.1, 0.15) is 6.10 Å². The van der Waals surface area contributed by atoms with Crippen LogP contribution in [0.1, 0.15) is 65.0 Å². The third-order valence-corrected chi connectivity index (χ3v) is 4.60. The van der Waals surface area contributed by atoms with E-state index in [0.717, 1.165) is 17.9 Å². The van der Waals surface area contributed by atoms with Crippen LogP contribution in [0, 0.1) is 5.41 Å². The average molecular weight is 290 g/mol. The second-order valence-corrected chi connectivity index (χ2v) is 7.48. The molecule has 0 amide bonds. The Morgan fingerprint density at radius 3 is 2.38 bits per heavy atom. The van der Waals surface area contributed by atoms with Crippen LogP contribution in [0.2, 0.25) is 0 Å². The van der Waals surface area contributed by atoms with Crippen LogP contribution < -0.4 is 0 Å². The molecule has 2 rings (SSSR count). The van der Waals surface area contributed by atoms with Gasteiger partial charge in [0.25, 0.3) is 0 Å². The Bertz CT molecular complexity index is 457. The Balaban J connectivity index is 2.18. The number of rotatable bonds is 4. The van der Waals surface area contributed by atoms with Crippen molar-refractivity contribution in [1.82, 2.24) is 9.88 Å². The van der Waals surface area contributed by atoms with Crippen LogP contribution in [-0.4, -0.2) is 29.1 Å². The van der Waals surface area contributed by atoms with Gasteiger partial charge in [-0.25, -0.2) is 0 Å². The zero-order chi connectivity index (χ0) is 15.6. The van der Waals surface area contributed by atoms with E-state index in [1.165, 1.54) is 12.8 Å². The predicted octanol–water partition coefficient (Wildman–Crippen LogP) is 4.19. The molecule has 118 valence electrons. The van der Waals surface area contributed by atoms with Crippen LogP contribution in [0.15, 0.2) is 18.2 Å². The lowest BCUT2D eigenvalue weighted by atomic mass is 9.86. The van der Waals surface area contributed by atoms with Gasteiger partial charge in [-0.3, -0.25) is 9.88 Å². The van der Waals surface area contributed by atoms with Gasteiger partial charge in [-0.15, -0.1) is 0 Å². The molecule has 3 heteroatoms. The summed E-state index contributed by atoms with van der Waals surface area (Å²) in [6.07, 6.45) is 2.62. The molecule has 1 aromatic rings. The molecule has 0 aliphatic carbocycles. The molecular weight excluding hydrogens is 260 g/mol. The van der Waals surface area contributed by atoms with Crippen LogP contribution in [0.5, 0.6) is 0 Å². The topological polar surface area (TPSA) is 25.4 Å². The Kier molecular flexibility index (Phi) is 5.05. The molecule has 3 atom stereocenters. The van der Waals surface area contributed by atoms with E-state index in [4.69, 9.17) is 9.72 Å². The van der Waals surface area contributed by atoms with E-state index in [9.17, 15) is 0 Å². The molecule has 1 saturated heterocycles. The molecule has 0 aromatic carbocycles. The summed E-state index contributed by atoms with van der Waals surface area (Å²) in [5.74, 6) is 0. The first kappa shape index (κ1) is 16.4. The standard InChI is InChI=1S/C18H30N2O/c1-13-10-11-14(2)20(13)12-15-8-7-9-16(19-15)17(21-6)18(3,4)5/h7-9,13-14,17H,10-12H2,1-6H3/t13-,14-,17+/m1/s1. The smallest absolute Gasteiger partial charge is 0.104 e. The maximum atomic E-state index is 5.69. The predicted molar refractivity (Wildman–Crippen MR) is 87.1 cm³/mol. The molecular formula is C18H30N2O. The maximum Gasteiger partial charge on any atom is 0.104 e. The van der Waals surface area contributed by atoms with Crippen molar-refractivity contribution in [2.24, 2.45) is 5.41 Å². The summed E-state index contributed by atoms with van der Waals surface area (Å²) >= 11 is 0. The van der Waals surface area contributed by atoms with Gasteiger partial charge < -0.3 is 4.74 Å². The monoisotopic (exact) mass is 290 g/mol. The number of likely N-dealkylation sites (tertiary alicyclic amines) is 1. The molecule has 0 spiro atoms. The molecule has 0 saturated carbocycles. The minimum atomic E-state index is 0.0332. The highest BCUT2D eigenvalue weighted by atomic mass is 16.5. The summed E-state index contributed by atoms with van der Waals surface area (Å²) in [6, 6.07) is 7.65. The first-order valence-electron chi connectivity index (χ1n) is 8.07. The fourth-order valence-electron chi connectivity index (χ4n) is 3.40. The number of methoxy groups -OCH3 is 1. The summed E-state index contributed by atoms with van der Waals surface area (Å²) < 4.78 is 5.69. The first-order chi connectivity index (χ1) is 9.82. The maximum absolute atomic E-state index is 5.69. The molecule has 21 heavy (non-hydrogen) atoms. The number of pyridine rings is 1. The molecule has 1 aromatic heterocycles. The Hall–Kier alpha value is -0.930. The highest BCUT2D eigenvalue weighted by Gasteiger charge is 2.29. The van der Waals surface area contributed by atoms with Gasteiger partial charge in [-0.1, -0.05) is 26.8 Å². The second-order valence-electron chi connectivity index (χ2n) is 7.48. The largest absolute Gasteiger partial charge is 0.375 e. The van der Waals surface area contributed by atoms with E-state index >= 15 is 0 Å². The fraction of sp³-hybridized carbons (Fsp3) is 0.722. The Morgan fingerprint density at radius 2 is 1.86 bits per heavy atom. The molecule has 1 aliphatic rings. The molecule has 0 N–H and O–H groups in total. The van der Waals surface area contributed by atoms with E-state index in [2.05, 4.69) is 57.7 Å². The number of nitrogens with zero attached hydrogens (tertiary/aromatic N) is 2. The highest BCUT2D eigenvalue weighted by Crippen LogP contribution is 2.34. The van der Waals surface area contributed by atoms with Gasteiger partial charge in [0.15, 0.2) is 0 Å². The molecule has 1 fully saturated rings. The van der Waals surface area contributed by atoms with Crippen molar-refractivity contribution < 1.29 is 4.74 Å². The summed E-state index contributed by atoms with van der Waals surface area (Å²) in [7, 11) is 1.77. The summed E-state index contributed by atoms with van der Waals surface area (Å²) in [5.41, 5.74) is 2.25. The van der Waals surface area contributed by atoms with Crippen molar-refractivity contribution >= 4 is 0 Å². The average Bonchev–Trinajstić information content (AvgIpc) is 2.70. The lowest BCUT2D eigenvalue weighted by Crippen LogP contribution is -2.32. The number of hydrogen-bond donors (Lipinski definition) is 0. The second kappa shape index (κ2) is 6.45. The van der Waals surface area contributed by atoms with Gasteiger partial charge in [-0.05, 0) is 44.2 Å². The Morgan fingerprint density at radius 1 is 1.24 bits per heavy atom. The number of hydrogen-bond acceptors (Lipinski definition) is 3. The van der Waals surface area contributed by atoms with Gasteiger partial charge in [0.05, 0.1) is 11.4 Å². The molecule has 0 bridgehead atoms. The lowest BCUT2D eigenvalue weighted by molar-refractivity contribution is 0.0118. The van der Waals surface area contributed by atoms with Crippen molar-refractivity contribution in [3.63, 3.8) is 0 Å². The van der Waals surface area contributed by atoms with E-state index < -0.39 is 0 Å². The van der Waals surface area contributed by atoms with E-state index in [-0.39, 0.29) is 11.5 Å². The summed E-state index contributed by atoms with van der Waals surface area (Å²) in [5, 5.41) is 0. The number of ether oxygens (including phenoxy) is 1. The first-order valence-corrected chi connectivity index (χ1v) is 8.07. The third kappa shape index (κ3) is 3.83. The van der Waals surface area contributed by atoms with Gasteiger partial charge in [0.2, 0.25) is 0 Å². The Labute approximate surface area is 129 Å². The van der Waals surface area contributed by atoms with E-state index in [1.807, 2.05) is 0 Å². The number of aromatic nitrogens is 1. The SMILES string of the molecule is CO[C@@H](c1cccc(CN2[C@H](C)CC[C@H]2C)n1)C(C)(C)C. The molecule has 2 heterocycles. The van der Waals surface area contributed by atoms with Crippen LogP contribution in [0.25, 0.3) is 0 Å². The molecule has 0 unspecified atom stereocenters. The van der Waals surface area contributed by atoms with Crippen molar-refractivity contribution in [1.29, 1.82) is 0 Å². The van der Waals surface area contributed by atoms with Gasteiger partial charge >= 0.3 is 0 Å². The van der Waals surface area contributed by atoms with Crippen molar-refractivity contribution in [2.45, 2.75) is 72.2 Å². The molecule has 0 radical (unpaired) electrons. The summed E-state index contributed by atoms with van der Waals surface area (Å²) in [6.45, 7) is 12.2. The molecule has 1 aliphatic heterocycles. The zero-order valence-electron chi connectivity index (χ0n) is 14.4. The third-order valence-electron chi connectivity index (χ3n) is 4.60. The quantitative estimate of drug-likeness (QED) is 0.831. The van der Waals surface area contributed by atoms with E-state index in [1.54, 1.807) is 7.11 Å². The van der Waals surface area contributed by atoms with Crippen molar-refractivity contribution in [2.75, 3.05) is 7.11 Å². The zero-order valence-corrected chi connectivity index (χ0v) is 14.4. The van der Waals surface area contributed by atoms with Crippen molar-refractivity contribution in [3.05, 3.63) is 29.6 Å². The van der Waals surface area contributed by atoms with Gasteiger partial charge in [0, 0.05) is 25.7 Å². The van der Waals surface area contributed by atoms with Gasteiger partial charge in [-0.2, -0.15) is 0 Å². The van der Waals surface area contributed by atoms with Crippen LogP contribution in [0.3, 0.4) is 0 Å². The fourth-order valence-corrected chi connectivity index (χ4v) is 3.40. The lowest BCUT2D eigenvalue weighted by Gasteiger charge is -2.30. The summed E-state index contributed by atoms with van der Waals surface area (Å²) in [4.78, 5) is 7.44. The minimum absolute atomic E-state index is 0.0332. The van der Waals surface area contributed by atoms with E-state index in [0.29, 0.717) is 12.1 Å². The highest BCUT2D eigenvalue weighted by molar-refractivity contribution is 5.15. The molecule has 3 nitrogen and oxygen atoms in total. The van der Waals surface area contributed by atoms with Crippen LogP contribution in [0.4, 0.5) is 0 Å².